The van der Waals surface area contributed by atoms with E-state index in [1.807, 2.05) is 0 Å². The van der Waals surface area contributed by atoms with E-state index in [1.165, 1.54) is 7.11 Å². The minimum absolute atomic E-state index is 0.373. The summed E-state index contributed by atoms with van der Waals surface area (Å²) in [5, 5.41) is 3.34. The highest BCUT2D eigenvalue weighted by Crippen LogP contribution is 1.81. The lowest BCUT2D eigenvalue weighted by Gasteiger charge is -1.99. The number of ether oxygens (including phenoxy) is 1. The fraction of sp³-hybridized carbons (Fsp3) is 0.600. The third-order valence-corrected chi connectivity index (χ3v) is 0.956. The molecular formula is C5H11N3O. The minimum atomic E-state index is 0.373. The highest BCUT2D eigenvalue weighted by atomic mass is 16.5. The second-order valence-corrected chi connectivity index (χ2v) is 1.45. The van der Waals surface area contributed by atoms with Crippen LogP contribution in [0.2, 0.25) is 0 Å². The standard InChI is InChI=1S/C5H11N3O/c1-4(7-2)5(8-6)9-3/h6H2,1-3H3. The van der Waals surface area contributed by atoms with Crippen LogP contribution in [0.1, 0.15) is 6.92 Å². The maximum absolute atomic E-state index is 4.94. The molecular weight excluding hydrogens is 118 g/mol. The number of hydrogen-bond donors (Lipinski definition) is 1. The molecule has 2 N–H and O–H groups in total. The number of hydrazone groups is 1. The lowest BCUT2D eigenvalue weighted by Crippen LogP contribution is -2.14. The van der Waals surface area contributed by atoms with E-state index < -0.39 is 0 Å². The Morgan fingerprint density at radius 3 is 2.22 bits per heavy atom. The van der Waals surface area contributed by atoms with E-state index in [4.69, 9.17) is 10.6 Å². The summed E-state index contributed by atoms with van der Waals surface area (Å²) in [5.74, 6) is 5.31. The quantitative estimate of drug-likeness (QED) is 0.234. The SMILES string of the molecule is CN=C(C)C(=NN)OC. The van der Waals surface area contributed by atoms with Crippen LogP contribution in [-0.4, -0.2) is 25.8 Å². The van der Waals surface area contributed by atoms with Gasteiger partial charge >= 0.3 is 0 Å². The Bertz CT molecular complexity index is 139. The van der Waals surface area contributed by atoms with Crippen molar-refractivity contribution in [2.75, 3.05) is 14.2 Å². The van der Waals surface area contributed by atoms with Crippen LogP contribution in [0.15, 0.2) is 10.1 Å². The molecule has 4 nitrogen and oxygen atoms in total. The zero-order valence-corrected chi connectivity index (χ0v) is 5.88. The van der Waals surface area contributed by atoms with E-state index in [2.05, 4.69) is 10.1 Å². The van der Waals surface area contributed by atoms with E-state index in [1.54, 1.807) is 14.0 Å². The predicted molar refractivity (Wildman–Crippen MR) is 37.7 cm³/mol. The van der Waals surface area contributed by atoms with Crippen molar-refractivity contribution >= 4 is 11.6 Å². The highest BCUT2D eigenvalue weighted by Gasteiger charge is 1.98. The fourth-order valence-electron chi connectivity index (χ4n) is 0.389. The average molecular weight is 129 g/mol. The second-order valence-electron chi connectivity index (χ2n) is 1.45. The van der Waals surface area contributed by atoms with E-state index in [-0.39, 0.29) is 0 Å². The van der Waals surface area contributed by atoms with Crippen LogP contribution >= 0.6 is 0 Å². The molecule has 9 heavy (non-hydrogen) atoms. The third-order valence-electron chi connectivity index (χ3n) is 0.956. The molecule has 0 rings (SSSR count). The molecule has 0 unspecified atom stereocenters. The Morgan fingerprint density at radius 2 is 2.11 bits per heavy atom. The van der Waals surface area contributed by atoms with Crippen LogP contribution in [0.5, 0.6) is 0 Å². The molecule has 0 spiro atoms. The summed E-state index contributed by atoms with van der Waals surface area (Å²) in [6.45, 7) is 1.77. The van der Waals surface area contributed by atoms with Crippen molar-refractivity contribution in [1.29, 1.82) is 0 Å². The van der Waals surface area contributed by atoms with E-state index in [0.717, 1.165) is 0 Å². The molecule has 52 valence electrons. The van der Waals surface area contributed by atoms with Crippen LogP contribution in [-0.2, 0) is 4.74 Å². The van der Waals surface area contributed by atoms with Crippen molar-refractivity contribution < 1.29 is 4.74 Å². The lowest BCUT2D eigenvalue weighted by molar-refractivity contribution is 0.409. The van der Waals surface area contributed by atoms with E-state index in [0.29, 0.717) is 11.6 Å². The summed E-state index contributed by atoms with van der Waals surface area (Å²) < 4.78 is 4.75. The van der Waals surface area contributed by atoms with Gasteiger partial charge in [-0.2, -0.15) is 0 Å². The van der Waals surface area contributed by atoms with Crippen LogP contribution < -0.4 is 5.84 Å². The van der Waals surface area contributed by atoms with Crippen molar-refractivity contribution in [3.63, 3.8) is 0 Å². The van der Waals surface area contributed by atoms with E-state index in [9.17, 15) is 0 Å². The van der Waals surface area contributed by atoms with Gasteiger partial charge in [-0.05, 0) is 6.92 Å². The molecule has 0 aliphatic rings. The number of aliphatic imine (C=N–C) groups is 1. The molecule has 0 radical (unpaired) electrons. The van der Waals surface area contributed by atoms with Crippen molar-refractivity contribution in [3.8, 4) is 0 Å². The van der Waals surface area contributed by atoms with Crippen molar-refractivity contribution in [3.05, 3.63) is 0 Å². The maximum Gasteiger partial charge on any atom is 0.251 e. The van der Waals surface area contributed by atoms with Gasteiger partial charge in [0.25, 0.3) is 5.90 Å². The molecule has 0 aromatic rings. The molecule has 0 aromatic heterocycles. The molecule has 0 amide bonds. The van der Waals surface area contributed by atoms with Gasteiger partial charge in [-0.3, -0.25) is 4.99 Å². The first-order valence-corrected chi connectivity index (χ1v) is 2.51. The van der Waals surface area contributed by atoms with Gasteiger partial charge in [-0.15, -0.1) is 5.10 Å². The fourth-order valence-corrected chi connectivity index (χ4v) is 0.389. The Balaban J connectivity index is 4.14. The summed E-state index contributed by atoms with van der Waals surface area (Å²) in [6, 6.07) is 0. The van der Waals surface area contributed by atoms with Crippen molar-refractivity contribution in [2.45, 2.75) is 6.92 Å². The van der Waals surface area contributed by atoms with Crippen LogP contribution in [0.25, 0.3) is 0 Å². The Kier molecular flexibility index (Phi) is 3.43. The zero-order chi connectivity index (χ0) is 7.28. The maximum atomic E-state index is 4.94. The summed E-state index contributed by atoms with van der Waals surface area (Å²) in [5.41, 5.74) is 0.694. The van der Waals surface area contributed by atoms with Crippen LogP contribution in [0.3, 0.4) is 0 Å². The van der Waals surface area contributed by atoms with Gasteiger partial charge in [-0.25, -0.2) is 0 Å². The molecule has 0 bridgehead atoms. The van der Waals surface area contributed by atoms with Gasteiger partial charge in [0.2, 0.25) is 0 Å². The summed E-state index contributed by atoms with van der Waals surface area (Å²) in [7, 11) is 3.15. The zero-order valence-electron chi connectivity index (χ0n) is 5.88. The molecule has 0 aliphatic heterocycles. The monoisotopic (exact) mass is 129 g/mol. The van der Waals surface area contributed by atoms with Crippen molar-refractivity contribution in [2.24, 2.45) is 15.9 Å². The molecule has 0 saturated carbocycles. The first-order chi connectivity index (χ1) is 4.26. The van der Waals surface area contributed by atoms with Gasteiger partial charge in [0.1, 0.15) is 0 Å². The van der Waals surface area contributed by atoms with Crippen LogP contribution in [0, 0.1) is 0 Å². The second kappa shape index (κ2) is 3.88. The molecule has 0 aliphatic carbocycles. The van der Waals surface area contributed by atoms with Gasteiger partial charge in [0.05, 0.1) is 12.8 Å². The van der Waals surface area contributed by atoms with Gasteiger partial charge in [0, 0.05) is 7.05 Å². The Morgan fingerprint density at radius 1 is 1.56 bits per heavy atom. The largest absolute Gasteiger partial charge is 0.479 e. The Labute approximate surface area is 54.4 Å². The first-order valence-electron chi connectivity index (χ1n) is 2.51. The van der Waals surface area contributed by atoms with Gasteiger partial charge < -0.3 is 10.6 Å². The molecule has 0 heterocycles. The lowest BCUT2D eigenvalue weighted by atomic mass is 10.4. The summed E-state index contributed by atoms with van der Waals surface area (Å²) >= 11 is 0. The van der Waals surface area contributed by atoms with Crippen LogP contribution in [0.4, 0.5) is 0 Å². The first kappa shape index (κ1) is 7.94. The number of methoxy groups -OCH3 is 1. The predicted octanol–water partition coefficient (Wildman–Crippen LogP) is -0.00430. The average Bonchev–Trinajstić information content (AvgIpc) is 1.90. The van der Waals surface area contributed by atoms with Gasteiger partial charge in [-0.1, -0.05) is 0 Å². The smallest absolute Gasteiger partial charge is 0.251 e. The molecule has 0 aromatic carbocycles. The number of nitrogens with two attached hydrogens (primary N) is 1. The molecule has 4 heteroatoms. The topological polar surface area (TPSA) is 60.0 Å². The molecule has 0 fully saturated rings. The summed E-state index contributed by atoms with van der Waals surface area (Å²) in [4.78, 5) is 3.81. The summed E-state index contributed by atoms with van der Waals surface area (Å²) in [6.07, 6.45) is 0. The highest BCUT2D eigenvalue weighted by molar-refractivity contribution is 6.37. The Hall–Kier alpha value is -1.06. The third kappa shape index (κ3) is 2.12. The van der Waals surface area contributed by atoms with Gasteiger partial charge in [0.15, 0.2) is 0 Å². The normalized spacial score (nSPS) is 13.7. The number of rotatable bonds is 1. The van der Waals surface area contributed by atoms with Crippen molar-refractivity contribution in [1.82, 2.24) is 0 Å². The molecule has 0 atom stereocenters. The molecule has 0 saturated heterocycles. The number of hydrogen-bond acceptors (Lipinski definition) is 4. The number of nitrogens with zero attached hydrogens (tertiary/aromatic N) is 2. The minimum Gasteiger partial charge on any atom is -0.479 e. The van der Waals surface area contributed by atoms with E-state index >= 15 is 0 Å².